The van der Waals surface area contributed by atoms with Crippen LogP contribution >= 0.6 is 27.7 Å². The zero-order valence-electron chi connectivity index (χ0n) is 13.5. The SMILES string of the molecule is CCC(Sc1nc(Nc2ccc(S(N)(=O)=O)nc2)ncc1Br)C(C)O. The summed E-state index contributed by atoms with van der Waals surface area (Å²) in [6, 6.07) is 2.82. The van der Waals surface area contributed by atoms with Gasteiger partial charge in [0.2, 0.25) is 5.95 Å². The van der Waals surface area contributed by atoms with Crippen molar-refractivity contribution in [2.45, 2.75) is 41.7 Å². The molecule has 0 saturated heterocycles. The van der Waals surface area contributed by atoms with Crippen molar-refractivity contribution in [2.24, 2.45) is 5.14 Å². The topological polar surface area (TPSA) is 131 Å². The van der Waals surface area contributed by atoms with Crippen molar-refractivity contribution < 1.29 is 13.5 Å². The van der Waals surface area contributed by atoms with E-state index in [-0.39, 0.29) is 10.3 Å². The molecule has 0 saturated carbocycles. The summed E-state index contributed by atoms with van der Waals surface area (Å²) in [6.07, 6.45) is 3.27. The zero-order valence-corrected chi connectivity index (χ0v) is 16.8. The van der Waals surface area contributed by atoms with Crippen molar-refractivity contribution in [3.8, 4) is 0 Å². The number of aliphatic hydroxyl groups is 1. The highest BCUT2D eigenvalue weighted by Gasteiger charge is 2.17. The van der Waals surface area contributed by atoms with Gasteiger partial charge in [0.05, 0.1) is 22.5 Å². The number of aromatic nitrogens is 3. The smallest absolute Gasteiger partial charge is 0.255 e. The molecule has 0 aliphatic heterocycles. The van der Waals surface area contributed by atoms with E-state index in [9.17, 15) is 13.5 Å². The Hall–Kier alpha value is -1.27. The van der Waals surface area contributed by atoms with Crippen molar-refractivity contribution in [2.75, 3.05) is 5.32 Å². The first-order valence-electron chi connectivity index (χ1n) is 7.34. The summed E-state index contributed by atoms with van der Waals surface area (Å²) in [5, 5.41) is 18.3. The maximum Gasteiger partial charge on any atom is 0.255 e. The van der Waals surface area contributed by atoms with Crippen molar-refractivity contribution in [3.05, 3.63) is 29.0 Å². The van der Waals surface area contributed by atoms with Crippen molar-refractivity contribution in [1.29, 1.82) is 0 Å². The van der Waals surface area contributed by atoms with Gasteiger partial charge in [0.15, 0.2) is 5.03 Å². The monoisotopic (exact) mass is 447 g/mol. The second-order valence-corrected chi connectivity index (χ2v) is 8.80. The number of thioether (sulfide) groups is 1. The first-order valence-corrected chi connectivity index (χ1v) is 10.6. The first-order chi connectivity index (χ1) is 11.7. The molecule has 0 fully saturated rings. The van der Waals surface area contributed by atoms with Crippen LogP contribution in [0, 0.1) is 0 Å². The average molecular weight is 448 g/mol. The number of nitrogens with zero attached hydrogens (tertiary/aromatic N) is 3. The predicted molar refractivity (Wildman–Crippen MR) is 100 cm³/mol. The number of hydrogen-bond acceptors (Lipinski definition) is 8. The molecule has 25 heavy (non-hydrogen) atoms. The van der Waals surface area contributed by atoms with Gasteiger partial charge in [0.1, 0.15) is 5.03 Å². The van der Waals surface area contributed by atoms with Gasteiger partial charge >= 0.3 is 0 Å². The van der Waals surface area contributed by atoms with E-state index in [2.05, 4.69) is 36.2 Å². The predicted octanol–water partition coefficient (Wildman–Crippen LogP) is 2.28. The maximum absolute atomic E-state index is 11.2. The molecule has 2 heterocycles. The van der Waals surface area contributed by atoms with E-state index in [4.69, 9.17) is 5.14 Å². The molecular formula is C14H18BrN5O3S2. The van der Waals surface area contributed by atoms with E-state index in [1.54, 1.807) is 13.1 Å². The zero-order chi connectivity index (χ0) is 18.6. The molecule has 0 radical (unpaired) electrons. The molecule has 0 spiro atoms. The van der Waals surface area contributed by atoms with Gasteiger partial charge in [-0.05, 0) is 41.4 Å². The van der Waals surface area contributed by atoms with Crippen LogP contribution in [0.3, 0.4) is 0 Å². The standard InChI is InChI=1S/C14H18BrN5O3S2/c1-3-11(8(2)21)24-13-10(15)7-18-14(20-13)19-9-4-5-12(17-6-9)25(16,22)23/h4-8,11,21H,3H2,1-2H3,(H2,16,22,23)(H,18,19,20). The third-order valence-corrected chi connectivity index (χ3v) is 6.43. The number of aliphatic hydroxyl groups excluding tert-OH is 1. The normalized spacial score (nSPS) is 14.1. The maximum atomic E-state index is 11.2. The third kappa shape index (κ3) is 5.61. The highest BCUT2D eigenvalue weighted by atomic mass is 79.9. The molecule has 2 atom stereocenters. The Kier molecular flexibility index (Phi) is 6.74. The number of sulfonamides is 1. The lowest BCUT2D eigenvalue weighted by Crippen LogP contribution is -2.18. The van der Waals surface area contributed by atoms with Crippen LogP contribution in [-0.4, -0.2) is 39.8 Å². The van der Waals surface area contributed by atoms with Gasteiger partial charge in [-0.1, -0.05) is 18.7 Å². The van der Waals surface area contributed by atoms with E-state index in [1.165, 1.54) is 30.1 Å². The Morgan fingerprint density at radius 2 is 2.08 bits per heavy atom. The minimum Gasteiger partial charge on any atom is -0.392 e. The first kappa shape index (κ1) is 20.0. The van der Waals surface area contributed by atoms with Gasteiger partial charge in [-0.25, -0.2) is 28.5 Å². The lowest BCUT2D eigenvalue weighted by atomic mass is 10.2. The largest absolute Gasteiger partial charge is 0.392 e. The number of primary sulfonamides is 1. The molecule has 0 amide bonds. The van der Waals surface area contributed by atoms with Gasteiger partial charge in [-0.3, -0.25) is 0 Å². The molecule has 2 aromatic heterocycles. The molecule has 8 nitrogen and oxygen atoms in total. The van der Waals surface area contributed by atoms with Crippen molar-refractivity contribution in [3.63, 3.8) is 0 Å². The fraction of sp³-hybridized carbons (Fsp3) is 0.357. The Balaban J connectivity index is 2.19. The number of anilines is 2. The molecule has 0 aliphatic rings. The molecule has 2 rings (SSSR count). The van der Waals surface area contributed by atoms with E-state index in [0.29, 0.717) is 16.7 Å². The van der Waals surface area contributed by atoms with E-state index >= 15 is 0 Å². The van der Waals surface area contributed by atoms with Gasteiger partial charge < -0.3 is 10.4 Å². The lowest BCUT2D eigenvalue weighted by molar-refractivity contribution is 0.189. The van der Waals surface area contributed by atoms with Gasteiger partial charge in [-0.2, -0.15) is 0 Å². The third-order valence-electron chi connectivity index (χ3n) is 3.20. The van der Waals surface area contributed by atoms with Gasteiger partial charge in [0.25, 0.3) is 10.0 Å². The quantitative estimate of drug-likeness (QED) is 0.434. The van der Waals surface area contributed by atoms with Crippen LogP contribution in [0.25, 0.3) is 0 Å². The number of nitrogens with one attached hydrogen (secondary N) is 1. The molecule has 11 heteroatoms. The van der Waals surface area contributed by atoms with Crippen LogP contribution in [-0.2, 0) is 10.0 Å². The molecule has 136 valence electrons. The lowest BCUT2D eigenvalue weighted by Gasteiger charge is -2.17. The number of pyridine rings is 1. The molecule has 4 N–H and O–H groups in total. The van der Waals surface area contributed by atoms with E-state index in [1.807, 2.05) is 6.92 Å². The minimum atomic E-state index is -3.83. The summed E-state index contributed by atoms with van der Waals surface area (Å²) >= 11 is 4.86. The molecular weight excluding hydrogens is 430 g/mol. The minimum absolute atomic E-state index is 0.00904. The second-order valence-electron chi connectivity index (χ2n) is 5.21. The number of nitrogens with two attached hydrogens (primary N) is 1. The van der Waals surface area contributed by atoms with Crippen molar-refractivity contribution >= 4 is 49.4 Å². The van der Waals surface area contributed by atoms with Gasteiger partial charge in [0, 0.05) is 11.4 Å². The number of rotatable bonds is 7. The fourth-order valence-electron chi connectivity index (χ4n) is 1.91. The highest BCUT2D eigenvalue weighted by Crippen LogP contribution is 2.32. The van der Waals surface area contributed by atoms with Crippen LogP contribution in [0.5, 0.6) is 0 Å². The van der Waals surface area contributed by atoms with E-state index in [0.717, 1.165) is 10.9 Å². The molecule has 2 unspecified atom stereocenters. The molecule has 0 aliphatic carbocycles. The summed E-state index contributed by atoms with van der Waals surface area (Å²) in [7, 11) is -3.83. The summed E-state index contributed by atoms with van der Waals surface area (Å²) in [4.78, 5) is 12.4. The Morgan fingerprint density at radius 3 is 2.60 bits per heavy atom. The Bertz CT molecular complexity index is 831. The number of halogens is 1. The van der Waals surface area contributed by atoms with Crippen LogP contribution in [0.15, 0.2) is 39.1 Å². The average Bonchev–Trinajstić information content (AvgIpc) is 2.54. The van der Waals surface area contributed by atoms with Gasteiger partial charge in [-0.15, -0.1) is 0 Å². The fourth-order valence-corrected chi connectivity index (χ4v) is 3.80. The molecule has 0 aromatic carbocycles. The van der Waals surface area contributed by atoms with Crippen LogP contribution in [0.4, 0.5) is 11.6 Å². The summed E-state index contributed by atoms with van der Waals surface area (Å²) in [5.74, 6) is 0.330. The Labute approximate surface area is 158 Å². The highest BCUT2D eigenvalue weighted by molar-refractivity contribution is 9.10. The summed E-state index contributed by atoms with van der Waals surface area (Å²) in [6.45, 7) is 3.74. The molecule has 2 aromatic rings. The second kappa shape index (κ2) is 8.41. The van der Waals surface area contributed by atoms with Crippen LogP contribution in [0.1, 0.15) is 20.3 Å². The van der Waals surface area contributed by atoms with Crippen LogP contribution in [0.2, 0.25) is 0 Å². The van der Waals surface area contributed by atoms with Crippen LogP contribution < -0.4 is 10.5 Å². The summed E-state index contributed by atoms with van der Waals surface area (Å²) < 4.78 is 23.2. The van der Waals surface area contributed by atoms with E-state index < -0.39 is 16.1 Å². The Morgan fingerprint density at radius 1 is 1.36 bits per heavy atom. The summed E-state index contributed by atoms with van der Waals surface area (Å²) in [5.41, 5.74) is 0.522. The number of hydrogen-bond donors (Lipinski definition) is 3. The van der Waals surface area contributed by atoms with Crippen molar-refractivity contribution in [1.82, 2.24) is 15.0 Å². The molecule has 0 bridgehead atoms.